The first-order chi connectivity index (χ1) is 5.66. The standard InChI is InChI=1S/C7H14O4S/c1-3-10-6-7(2)11-4-5-12(8)9/h3,7,12H,1,4-6H2,2H3. The third kappa shape index (κ3) is 7.56. The highest BCUT2D eigenvalue weighted by Crippen LogP contribution is 1.91. The Bertz CT molecular complexity index is 180. The molecule has 12 heavy (non-hydrogen) atoms. The van der Waals surface area contributed by atoms with E-state index in [0.717, 1.165) is 0 Å². The van der Waals surface area contributed by atoms with Crippen molar-refractivity contribution in [3.05, 3.63) is 12.8 Å². The third-order valence-corrected chi connectivity index (χ3v) is 1.67. The maximum absolute atomic E-state index is 10.1. The molecule has 0 aliphatic heterocycles. The van der Waals surface area contributed by atoms with Crippen LogP contribution in [0.1, 0.15) is 6.92 Å². The minimum Gasteiger partial charge on any atom is -0.499 e. The SMILES string of the molecule is C=COCC(C)OCC[SH](=O)=O. The Morgan fingerprint density at radius 1 is 1.58 bits per heavy atom. The zero-order chi connectivity index (χ0) is 9.40. The van der Waals surface area contributed by atoms with Crippen LogP contribution in [0.4, 0.5) is 0 Å². The normalized spacial score (nSPS) is 12.8. The molecule has 0 saturated heterocycles. The van der Waals surface area contributed by atoms with Crippen LogP contribution in [-0.4, -0.2) is 33.5 Å². The summed E-state index contributed by atoms with van der Waals surface area (Å²) < 4.78 is 30.1. The molecule has 0 amide bonds. The zero-order valence-electron chi connectivity index (χ0n) is 7.06. The fourth-order valence-corrected chi connectivity index (χ4v) is 0.835. The number of thiol groups is 1. The highest BCUT2D eigenvalue weighted by molar-refractivity contribution is 7.72. The molecule has 0 N–H and O–H groups in total. The second-order valence-corrected chi connectivity index (χ2v) is 3.35. The molecule has 0 spiro atoms. The molecule has 0 radical (unpaired) electrons. The lowest BCUT2D eigenvalue weighted by molar-refractivity contribution is 0.0282. The van der Waals surface area contributed by atoms with E-state index in [4.69, 9.17) is 9.47 Å². The molecule has 0 aromatic carbocycles. The van der Waals surface area contributed by atoms with Gasteiger partial charge in [0, 0.05) is 0 Å². The van der Waals surface area contributed by atoms with Crippen molar-refractivity contribution in [3.63, 3.8) is 0 Å². The molecule has 1 unspecified atom stereocenters. The van der Waals surface area contributed by atoms with Gasteiger partial charge >= 0.3 is 0 Å². The van der Waals surface area contributed by atoms with Crippen molar-refractivity contribution in [3.8, 4) is 0 Å². The van der Waals surface area contributed by atoms with Crippen molar-refractivity contribution in [2.24, 2.45) is 0 Å². The predicted octanol–water partition coefficient (Wildman–Crippen LogP) is 0.163. The lowest BCUT2D eigenvalue weighted by Crippen LogP contribution is -2.16. The number of ether oxygens (including phenoxy) is 2. The maximum Gasteiger partial charge on any atom is 0.142 e. The van der Waals surface area contributed by atoms with Gasteiger partial charge in [0.2, 0.25) is 0 Å². The van der Waals surface area contributed by atoms with Crippen LogP contribution in [0.3, 0.4) is 0 Å². The van der Waals surface area contributed by atoms with Crippen LogP contribution < -0.4 is 0 Å². The van der Waals surface area contributed by atoms with Crippen LogP contribution in [0, 0.1) is 0 Å². The van der Waals surface area contributed by atoms with Gasteiger partial charge < -0.3 is 9.47 Å². The van der Waals surface area contributed by atoms with Gasteiger partial charge in [0.25, 0.3) is 0 Å². The lowest BCUT2D eigenvalue weighted by atomic mass is 10.4. The fraction of sp³-hybridized carbons (Fsp3) is 0.714. The van der Waals surface area contributed by atoms with Gasteiger partial charge in [-0.3, -0.25) is 0 Å². The third-order valence-electron chi connectivity index (χ3n) is 1.13. The van der Waals surface area contributed by atoms with Crippen LogP contribution in [0.2, 0.25) is 0 Å². The van der Waals surface area contributed by atoms with Crippen molar-refractivity contribution in [1.82, 2.24) is 0 Å². The minimum atomic E-state index is -2.33. The Kier molecular flexibility index (Phi) is 6.79. The van der Waals surface area contributed by atoms with Gasteiger partial charge in [0.05, 0.1) is 24.7 Å². The molecular formula is C7H14O4S. The van der Waals surface area contributed by atoms with Gasteiger partial charge in [0.15, 0.2) is 0 Å². The minimum absolute atomic E-state index is 0.0633. The Labute approximate surface area is 74.1 Å². The Morgan fingerprint density at radius 3 is 2.75 bits per heavy atom. The average Bonchev–Trinajstić information content (AvgIpc) is 2.00. The van der Waals surface area contributed by atoms with E-state index in [9.17, 15) is 8.42 Å². The molecule has 0 bridgehead atoms. The lowest BCUT2D eigenvalue weighted by Gasteiger charge is -2.10. The molecule has 5 heteroatoms. The van der Waals surface area contributed by atoms with Gasteiger partial charge in [-0.1, -0.05) is 6.58 Å². The summed E-state index contributed by atoms with van der Waals surface area (Å²) in [6.45, 7) is 5.80. The van der Waals surface area contributed by atoms with E-state index in [2.05, 4.69) is 6.58 Å². The maximum atomic E-state index is 10.1. The van der Waals surface area contributed by atoms with E-state index in [0.29, 0.717) is 6.61 Å². The van der Waals surface area contributed by atoms with E-state index in [1.54, 1.807) is 6.92 Å². The first-order valence-electron chi connectivity index (χ1n) is 3.62. The van der Waals surface area contributed by atoms with Crippen LogP contribution in [-0.2, 0) is 20.2 Å². The summed E-state index contributed by atoms with van der Waals surface area (Å²) in [5.41, 5.74) is 0. The molecule has 0 heterocycles. The summed E-state index contributed by atoms with van der Waals surface area (Å²) in [5.74, 6) is 0.0633. The van der Waals surface area contributed by atoms with Gasteiger partial charge in [-0.15, -0.1) is 0 Å². The summed E-state index contributed by atoms with van der Waals surface area (Å²) in [6.07, 6.45) is 1.23. The van der Waals surface area contributed by atoms with Crippen molar-refractivity contribution in [2.45, 2.75) is 13.0 Å². The summed E-state index contributed by atoms with van der Waals surface area (Å²) in [5, 5.41) is 0. The van der Waals surface area contributed by atoms with Crippen molar-refractivity contribution < 1.29 is 17.9 Å². The van der Waals surface area contributed by atoms with E-state index < -0.39 is 10.7 Å². The van der Waals surface area contributed by atoms with Gasteiger partial charge in [-0.05, 0) is 6.92 Å². The van der Waals surface area contributed by atoms with Gasteiger partial charge in [-0.2, -0.15) is 0 Å². The van der Waals surface area contributed by atoms with E-state index in [-0.39, 0.29) is 18.5 Å². The molecule has 4 nitrogen and oxygen atoms in total. The molecule has 72 valence electrons. The summed E-state index contributed by atoms with van der Waals surface area (Å²) in [7, 11) is -2.33. The van der Waals surface area contributed by atoms with Crippen LogP contribution >= 0.6 is 0 Å². The van der Waals surface area contributed by atoms with Gasteiger partial charge in [0.1, 0.15) is 17.3 Å². The van der Waals surface area contributed by atoms with Crippen LogP contribution in [0.25, 0.3) is 0 Å². The second kappa shape index (κ2) is 7.12. The summed E-state index contributed by atoms with van der Waals surface area (Å²) >= 11 is 0. The van der Waals surface area contributed by atoms with Crippen LogP contribution in [0.5, 0.6) is 0 Å². The second-order valence-electron chi connectivity index (χ2n) is 2.24. The molecule has 0 fully saturated rings. The topological polar surface area (TPSA) is 52.6 Å². The number of hydrogen-bond donors (Lipinski definition) is 1. The Morgan fingerprint density at radius 2 is 2.25 bits per heavy atom. The predicted molar refractivity (Wildman–Crippen MR) is 46.7 cm³/mol. The van der Waals surface area contributed by atoms with Crippen LogP contribution in [0.15, 0.2) is 12.8 Å². The molecule has 0 aromatic heterocycles. The number of hydrogen-bond acceptors (Lipinski definition) is 4. The Hall–Kier alpha value is -0.550. The van der Waals surface area contributed by atoms with Crippen molar-refractivity contribution in [2.75, 3.05) is 19.0 Å². The van der Waals surface area contributed by atoms with Crippen molar-refractivity contribution in [1.29, 1.82) is 0 Å². The fourth-order valence-electron chi connectivity index (χ4n) is 0.580. The van der Waals surface area contributed by atoms with E-state index in [1.165, 1.54) is 6.26 Å². The molecule has 0 saturated carbocycles. The molecule has 0 rings (SSSR count). The quantitative estimate of drug-likeness (QED) is 0.463. The largest absolute Gasteiger partial charge is 0.499 e. The Balaban J connectivity index is 3.30. The highest BCUT2D eigenvalue weighted by Gasteiger charge is 2.00. The first-order valence-corrected chi connectivity index (χ1v) is 4.99. The number of rotatable bonds is 7. The molecule has 1 atom stereocenters. The summed E-state index contributed by atoms with van der Waals surface area (Å²) in [6, 6.07) is 0. The smallest absolute Gasteiger partial charge is 0.142 e. The van der Waals surface area contributed by atoms with E-state index >= 15 is 0 Å². The van der Waals surface area contributed by atoms with Crippen molar-refractivity contribution >= 4 is 10.7 Å². The monoisotopic (exact) mass is 194 g/mol. The molecule has 0 aliphatic rings. The summed E-state index contributed by atoms with van der Waals surface area (Å²) in [4.78, 5) is 0. The molecule has 0 aromatic rings. The zero-order valence-corrected chi connectivity index (χ0v) is 7.96. The molecule has 0 aliphatic carbocycles. The molecular weight excluding hydrogens is 180 g/mol. The van der Waals surface area contributed by atoms with Gasteiger partial charge in [-0.25, -0.2) is 8.42 Å². The highest BCUT2D eigenvalue weighted by atomic mass is 32.2. The average molecular weight is 194 g/mol. The first kappa shape index (κ1) is 11.4. The van der Waals surface area contributed by atoms with E-state index in [1.807, 2.05) is 0 Å².